The molecule has 2 heterocycles. The van der Waals surface area contributed by atoms with Crippen LogP contribution in [0, 0.1) is 16.7 Å². The molecular formula is C23H34N6O. The molecule has 3 rings (SSSR count). The molecule has 0 atom stereocenters. The van der Waals surface area contributed by atoms with Crippen LogP contribution in [0.25, 0.3) is 10.9 Å². The fourth-order valence-electron chi connectivity index (χ4n) is 3.58. The lowest BCUT2D eigenvalue weighted by Crippen LogP contribution is -2.47. The lowest BCUT2D eigenvalue weighted by molar-refractivity contribution is 0.117. The highest BCUT2D eigenvalue weighted by molar-refractivity contribution is 5.90. The molecule has 7 heteroatoms. The molecule has 1 fully saturated rings. The maximum Gasteiger partial charge on any atom is 0.234 e. The van der Waals surface area contributed by atoms with Crippen molar-refractivity contribution in [1.82, 2.24) is 19.8 Å². The topological polar surface area (TPSA) is 77.3 Å². The number of anilines is 1. The zero-order valence-corrected chi connectivity index (χ0v) is 18.7. The second-order valence-electron chi connectivity index (χ2n) is 9.13. The van der Waals surface area contributed by atoms with Crippen molar-refractivity contribution in [2.45, 2.75) is 34.1 Å². The van der Waals surface area contributed by atoms with Crippen molar-refractivity contribution in [1.29, 1.82) is 5.26 Å². The van der Waals surface area contributed by atoms with E-state index in [0.29, 0.717) is 12.4 Å². The molecule has 1 N–H and O–H groups in total. The van der Waals surface area contributed by atoms with Crippen LogP contribution in [-0.2, 0) is 0 Å². The van der Waals surface area contributed by atoms with Gasteiger partial charge in [-0.3, -0.25) is 4.90 Å². The highest BCUT2D eigenvalue weighted by Gasteiger charge is 2.16. The van der Waals surface area contributed by atoms with Gasteiger partial charge in [0.25, 0.3) is 0 Å². The van der Waals surface area contributed by atoms with E-state index in [2.05, 4.69) is 58.8 Å². The number of piperazine rings is 1. The summed E-state index contributed by atoms with van der Waals surface area (Å²) >= 11 is 0. The number of aromatic nitrogens is 2. The largest absolute Gasteiger partial charge is 0.492 e. The van der Waals surface area contributed by atoms with Crippen molar-refractivity contribution in [3.8, 4) is 11.8 Å². The smallest absolute Gasteiger partial charge is 0.234 e. The van der Waals surface area contributed by atoms with Crippen LogP contribution in [0.5, 0.6) is 5.75 Å². The maximum atomic E-state index is 9.26. The first-order chi connectivity index (χ1) is 14.4. The molecule has 1 aromatic carbocycles. The quantitative estimate of drug-likeness (QED) is 0.715. The molecule has 0 unspecified atom stereocenters. The van der Waals surface area contributed by atoms with Gasteiger partial charge in [0.15, 0.2) is 0 Å². The number of nitrogens with one attached hydrogen (secondary N) is 1. The van der Waals surface area contributed by atoms with Crippen molar-refractivity contribution < 1.29 is 4.74 Å². The average molecular weight is 411 g/mol. The molecule has 2 aromatic rings. The Morgan fingerprint density at radius 3 is 2.43 bits per heavy atom. The molecule has 7 nitrogen and oxygen atoms in total. The van der Waals surface area contributed by atoms with Crippen molar-refractivity contribution in [2.24, 2.45) is 5.41 Å². The highest BCUT2D eigenvalue weighted by atomic mass is 16.5. The summed E-state index contributed by atoms with van der Waals surface area (Å²) in [5.74, 6) is 1.66. The molecule has 0 bridgehead atoms. The lowest BCUT2D eigenvalue weighted by Gasteiger charge is -2.34. The van der Waals surface area contributed by atoms with Crippen LogP contribution >= 0.6 is 0 Å². The lowest BCUT2D eigenvalue weighted by atomic mass is 9.97. The van der Waals surface area contributed by atoms with E-state index in [-0.39, 0.29) is 11.2 Å². The van der Waals surface area contributed by atoms with Gasteiger partial charge in [-0.25, -0.2) is 9.97 Å². The van der Waals surface area contributed by atoms with E-state index in [9.17, 15) is 5.26 Å². The van der Waals surface area contributed by atoms with E-state index in [4.69, 9.17) is 4.74 Å². The van der Waals surface area contributed by atoms with Gasteiger partial charge in [0, 0.05) is 44.7 Å². The first kappa shape index (κ1) is 22.3. The molecule has 0 saturated carbocycles. The van der Waals surface area contributed by atoms with Crippen molar-refractivity contribution in [2.75, 3.05) is 57.7 Å². The van der Waals surface area contributed by atoms with E-state index in [1.807, 2.05) is 18.2 Å². The van der Waals surface area contributed by atoms with E-state index >= 15 is 0 Å². The van der Waals surface area contributed by atoms with Gasteiger partial charge in [0.1, 0.15) is 24.2 Å². The van der Waals surface area contributed by atoms with Crippen molar-refractivity contribution in [3.05, 3.63) is 24.0 Å². The van der Waals surface area contributed by atoms with Gasteiger partial charge in [0.05, 0.1) is 5.52 Å². The van der Waals surface area contributed by atoms with Crippen LogP contribution in [0.1, 0.15) is 39.9 Å². The first-order valence-electron chi connectivity index (χ1n) is 10.9. The molecule has 0 spiro atoms. The predicted octanol–water partition coefficient (Wildman–Crippen LogP) is 3.37. The molecular weight excluding hydrogens is 376 g/mol. The third-order valence-electron chi connectivity index (χ3n) is 5.23. The van der Waals surface area contributed by atoms with Crippen molar-refractivity contribution in [3.63, 3.8) is 0 Å². The average Bonchev–Trinajstić information content (AvgIpc) is 2.72. The van der Waals surface area contributed by atoms with Gasteiger partial charge in [-0.2, -0.15) is 5.26 Å². The normalized spacial score (nSPS) is 15.8. The Bertz CT molecular complexity index is 878. The SMILES string of the molecule is CCCN1CCN(CCOc2ccc3nc(C#N)nc(NCC(C)(C)C)c3c2)CC1. The maximum absolute atomic E-state index is 9.26. The molecule has 0 radical (unpaired) electrons. The van der Waals surface area contributed by atoms with Crippen LogP contribution in [0.3, 0.4) is 0 Å². The second-order valence-corrected chi connectivity index (χ2v) is 9.13. The van der Waals surface area contributed by atoms with Gasteiger partial charge in [-0.1, -0.05) is 27.7 Å². The fourth-order valence-corrected chi connectivity index (χ4v) is 3.58. The van der Waals surface area contributed by atoms with E-state index in [1.165, 1.54) is 13.0 Å². The van der Waals surface area contributed by atoms with Gasteiger partial charge in [0.2, 0.25) is 5.82 Å². The summed E-state index contributed by atoms with van der Waals surface area (Å²) < 4.78 is 6.04. The summed E-state index contributed by atoms with van der Waals surface area (Å²) in [4.78, 5) is 13.7. The zero-order valence-electron chi connectivity index (χ0n) is 18.7. The molecule has 1 aliphatic heterocycles. The summed E-state index contributed by atoms with van der Waals surface area (Å²) in [7, 11) is 0. The standard InChI is InChI=1S/C23H34N6O/c1-5-8-28-9-11-29(12-10-28)13-14-30-18-6-7-20-19(15-18)22(25-17-23(2,3)4)27-21(16-24)26-20/h6-7,15H,5,8-14,17H2,1-4H3,(H,25,26,27). The Morgan fingerprint density at radius 1 is 1.10 bits per heavy atom. The molecule has 30 heavy (non-hydrogen) atoms. The minimum absolute atomic E-state index is 0.0966. The summed E-state index contributed by atoms with van der Waals surface area (Å²) in [6, 6.07) is 7.84. The number of nitriles is 1. The van der Waals surface area contributed by atoms with Gasteiger partial charge >= 0.3 is 0 Å². The van der Waals surface area contributed by atoms with Crippen LogP contribution in [0.15, 0.2) is 18.2 Å². The number of ether oxygens (including phenoxy) is 1. The third-order valence-corrected chi connectivity index (χ3v) is 5.23. The minimum Gasteiger partial charge on any atom is -0.492 e. The van der Waals surface area contributed by atoms with Gasteiger partial charge in [-0.05, 0) is 36.6 Å². The second kappa shape index (κ2) is 10.1. The molecule has 1 aromatic heterocycles. The van der Waals surface area contributed by atoms with Crippen LogP contribution in [-0.4, -0.2) is 72.2 Å². The van der Waals surface area contributed by atoms with Gasteiger partial charge < -0.3 is 15.0 Å². The number of fused-ring (bicyclic) bond motifs is 1. The third kappa shape index (κ3) is 6.28. The van der Waals surface area contributed by atoms with E-state index in [1.54, 1.807) is 0 Å². The van der Waals surface area contributed by atoms with Crippen LogP contribution in [0.4, 0.5) is 5.82 Å². The number of hydrogen-bond donors (Lipinski definition) is 1. The Hall–Kier alpha value is -2.43. The fraction of sp³-hybridized carbons (Fsp3) is 0.609. The Labute approximate surface area is 180 Å². The first-order valence-corrected chi connectivity index (χ1v) is 10.9. The summed E-state index contributed by atoms with van der Waals surface area (Å²) in [6.07, 6.45) is 1.22. The van der Waals surface area contributed by atoms with Gasteiger partial charge in [-0.15, -0.1) is 0 Å². The number of rotatable bonds is 8. The molecule has 162 valence electrons. The molecule has 0 aliphatic carbocycles. The molecule has 1 aliphatic rings. The minimum atomic E-state index is 0.0966. The van der Waals surface area contributed by atoms with E-state index < -0.39 is 0 Å². The Kier molecular flexibility index (Phi) is 7.46. The molecule has 0 amide bonds. The predicted molar refractivity (Wildman–Crippen MR) is 121 cm³/mol. The van der Waals surface area contributed by atoms with Crippen LogP contribution in [0.2, 0.25) is 0 Å². The Morgan fingerprint density at radius 2 is 1.80 bits per heavy atom. The number of benzene rings is 1. The number of hydrogen-bond acceptors (Lipinski definition) is 7. The number of nitrogens with zero attached hydrogens (tertiary/aromatic N) is 5. The molecule has 1 saturated heterocycles. The van der Waals surface area contributed by atoms with E-state index in [0.717, 1.165) is 55.9 Å². The monoisotopic (exact) mass is 410 g/mol. The summed E-state index contributed by atoms with van der Waals surface area (Å²) in [6.45, 7) is 16.7. The zero-order chi connectivity index (χ0) is 21.6. The summed E-state index contributed by atoms with van der Waals surface area (Å²) in [5.41, 5.74) is 0.844. The van der Waals surface area contributed by atoms with Crippen LogP contribution < -0.4 is 10.1 Å². The Balaban J connectivity index is 1.63. The highest BCUT2D eigenvalue weighted by Crippen LogP contribution is 2.26. The van der Waals surface area contributed by atoms with Crippen molar-refractivity contribution >= 4 is 16.7 Å². The summed E-state index contributed by atoms with van der Waals surface area (Å²) in [5, 5.41) is 13.5.